The highest BCUT2D eigenvalue weighted by molar-refractivity contribution is 5.80. The van der Waals surface area contributed by atoms with Gasteiger partial charge in [0.1, 0.15) is 5.75 Å². The van der Waals surface area contributed by atoms with Gasteiger partial charge in [-0.3, -0.25) is 4.79 Å². The van der Waals surface area contributed by atoms with Crippen molar-refractivity contribution in [3.63, 3.8) is 0 Å². The first-order chi connectivity index (χ1) is 14.2. The number of hydrogen-bond donors (Lipinski definition) is 2. The average Bonchev–Trinajstić information content (AvgIpc) is 3.15. The number of para-hydroxylation sites is 1. The molecule has 0 aliphatic carbocycles. The van der Waals surface area contributed by atoms with E-state index in [0.29, 0.717) is 26.1 Å². The number of carbonyl (C=O) groups excluding carboxylic acids is 1. The minimum Gasteiger partial charge on any atom is -0.496 e. The molecule has 0 aromatic heterocycles. The fourth-order valence-electron chi connectivity index (χ4n) is 3.46. The molecule has 2 aromatic carbocycles. The Kier molecular flexibility index (Phi) is 7.50. The van der Waals surface area contributed by atoms with Crippen LogP contribution in [-0.4, -0.2) is 37.0 Å². The molecular formula is C23H30N4O2. The van der Waals surface area contributed by atoms with Gasteiger partial charge in [-0.1, -0.05) is 42.5 Å². The topological polar surface area (TPSA) is 66.0 Å². The van der Waals surface area contributed by atoms with Gasteiger partial charge in [0.05, 0.1) is 13.7 Å². The lowest BCUT2D eigenvalue weighted by Crippen LogP contribution is -2.36. The Labute approximate surface area is 173 Å². The molecule has 6 heteroatoms. The van der Waals surface area contributed by atoms with E-state index in [9.17, 15) is 4.79 Å². The van der Waals surface area contributed by atoms with Crippen LogP contribution in [0, 0.1) is 0 Å². The number of aliphatic imine (C=N–C) groups is 1. The lowest BCUT2D eigenvalue weighted by molar-refractivity contribution is -0.128. The fourth-order valence-corrected chi connectivity index (χ4v) is 3.46. The number of carbonyl (C=O) groups is 1. The van der Waals surface area contributed by atoms with Gasteiger partial charge in [0, 0.05) is 38.2 Å². The van der Waals surface area contributed by atoms with Gasteiger partial charge in [-0.25, -0.2) is 4.99 Å². The summed E-state index contributed by atoms with van der Waals surface area (Å²) in [6, 6.07) is 16.3. The molecule has 0 spiro atoms. The average molecular weight is 395 g/mol. The molecule has 0 saturated carbocycles. The van der Waals surface area contributed by atoms with Crippen molar-refractivity contribution in [1.29, 1.82) is 0 Å². The molecule has 2 N–H and O–H groups in total. The zero-order valence-corrected chi connectivity index (χ0v) is 17.3. The summed E-state index contributed by atoms with van der Waals surface area (Å²) in [6.07, 6.45) is 1.64. The van der Waals surface area contributed by atoms with Crippen LogP contribution >= 0.6 is 0 Å². The van der Waals surface area contributed by atoms with Gasteiger partial charge < -0.3 is 20.3 Å². The van der Waals surface area contributed by atoms with E-state index >= 15 is 0 Å². The summed E-state index contributed by atoms with van der Waals surface area (Å²) >= 11 is 0. The Bertz CT molecular complexity index is 850. The van der Waals surface area contributed by atoms with Crippen LogP contribution in [0.3, 0.4) is 0 Å². The van der Waals surface area contributed by atoms with Crippen LogP contribution in [0.1, 0.15) is 36.5 Å². The first-order valence-electron chi connectivity index (χ1n) is 10.2. The molecule has 1 saturated heterocycles. The third-order valence-corrected chi connectivity index (χ3v) is 4.94. The van der Waals surface area contributed by atoms with Crippen LogP contribution in [0.5, 0.6) is 5.75 Å². The van der Waals surface area contributed by atoms with Gasteiger partial charge in [-0.05, 0) is 30.5 Å². The van der Waals surface area contributed by atoms with Crippen LogP contribution in [-0.2, 0) is 24.4 Å². The predicted octanol–water partition coefficient (Wildman–Crippen LogP) is 3.07. The van der Waals surface area contributed by atoms with E-state index in [2.05, 4.69) is 28.8 Å². The highest BCUT2D eigenvalue weighted by Crippen LogP contribution is 2.17. The number of hydrogen-bond acceptors (Lipinski definition) is 3. The molecule has 1 fully saturated rings. The van der Waals surface area contributed by atoms with Crippen molar-refractivity contribution < 1.29 is 9.53 Å². The summed E-state index contributed by atoms with van der Waals surface area (Å²) in [5.41, 5.74) is 3.36. The standard InChI is InChI=1S/C23H30N4O2/c1-3-24-23(26-16-20-10-4-5-11-21(20)29-2)25-15-18-8-6-9-19(14-18)17-27-13-7-12-22(27)28/h4-6,8-11,14H,3,7,12-13,15-17H2,1-2H3,(H2,24,25,26). The maximum atomic E-state index is 11.9. The van der Waals surface area contributed by atoms with Crippen molar-refractivity contribution in [3.8, 4) is 5.75 Å². The summed E-state index contributed by atoms with van der Waals surface area (Å²) in [5, 5.41) is 6.65. The van der Waals surface area contributed by atoms with Crippen molar-refractivity contribution in [2.75, 3.05) is 20.2 Å². The Morgan fingerprint density at radius 3 is 2.72 bits per heavy atom. The lowest BCUT2D eigenvalue weighted by Gasteiger charge is -2.16. The zero-order valence-electron chi connectivity index (χ0n) is 17.3. The van der Waals surface area contributed by atoms with Gasteiger partial charge in [0.15, 0.2) is 5.96 Å². The van der Waals surface area contributed by atoms with E-state index in [4.69, 9.17) is 9.73 Å². The molecule has 2 aromatic rings. The molecule has 6 nitrogen and oxygen atoms in total. The Morgan fingerprint density at radius 1 is 1.14 bits per heavy atom. The summed E-state index contributed by atoms with van der Waals surface area (Å²) in [4.78, 5) is 18.5. The summed E-state index contributed by atoms with van der Waals surface area (Å²) in [6.45, 7) is 5.58. The van der Waals surface area contributed by atoms with E-state index < -0.39 is 0 Å². The first kappa shape index (κ1) is 20.7. The van der Waals surface area contributed by atoms with Crippen molar-refractivity contribution in [2.45, 2.75) is 39.4 Å². The molecule has 154 valence electrons. The van der Waals surface area contributed by atoms with Gasteiger partial charge in [-0.2, -0.15) is 0 Å². The quantitative estimate of drug-likeness (QED) is 0.533. The highest BCUT2D eigenvalue weighted by atomic mass is 16.5. The molecule has 0 atom stereocenters. The SMILES string of the molecule is CCNC(=NCc1cccc(CN2CCCC2=O)c1)NCc1ccccc1OC. The fraction of sp³-hybridized carbons (Fsp3) is 0.391. The van der Waals surface area contributed by atoms with E-state index in [1.807, 2.05) is 42.2 Å². The van der Waals surface area contributed by atoms with Gasteiger partial charge in [0.2, 0.25) is 5.91 Å². The van der Waals surface area contributed by atoms with Crippen LogP contribution < -0.4 is 15.4 Å². The van der Waals surface area contributed by atoms with Crippen molar-refractivity contribution in [2.24, 2.45) is 4.99 Å². The second kappa shape index (κ2) is 10.5. The van der Waals surface area contributed by atoms with Gasteiger partial charge in [-0.15, -0.1) is 0 Å². The largest absolute Gasteiger partial charge is 0.496 e. The van der Waals surface area contributed by atoms with Crippen LogP contribution in [0.15, 0.2) is 53.5 Å². The highest BCUT2D eigenvalue weighted by Gasteiger charge is 2.19. The number of ether oxygens (including phenoxy) is 1. The molecule has 0 bridgehead atoms. The van der Waals surface area contributed by atoms with Crippen molar-refractivity contribution in [3.05, 3.63) is 65.2 Å². The van der Waals surface area contributed by atoms with Gasteiger partial charge >= 0.3 is 0 Å². The molecule has 0 unspecified atom stereocenters. The summed E-state index contributed by atoms with van der Waals surface area (Å²) in [5.74, 6) is 1.88. The predicted molar refractivity (Wildman–Crippen MR) is 116 cm³/mol. The minimum absolute atomic E-state index is 0.253. The third kappa shape index (κ3) is 5.98. The van der Waals surface area contributed by atoms with Crippen LogP contribution in [0.2, 0.25) is 0 Å². The van der Waals surface area contributed by atoms with E-state index in [1.54, 1.807) is 7.11 Å². The Balaban J connectivity index is 1.62. The second-order valence-electron chi connectivity index (χ2n) is 7.10. The van der Waals surface area contributed by atoms with Gasteiger partial charge in [0.25, 0.3) is 0 Å². The molecule has 1 aliphatic heterocycles. The second-order valence-corrected chi connectivity index (χ2v) is 7.10. The van der Waals surface area contributed by atoms with Crippen LogP contribution in [0.25, 0.3) is 0 Å². The number of methoxy groups -OCH3 is 1. The number of amides is 1. The van der Waals surface area contributed by atoms with Crippen molar-refractivity contribution >= 4 is 11.9 Å². The van der Waals surface area contributed by atoms with E-state index in [-0.39, 0.29) is 5.91 Å². The number of nitrogens with one attached hydrogen (secondary N) is 2. The normalized spacial score (nSPS) is 14.2. The van der Waals surface area contributed by atoms with E-state index in [0.717, 1.165) is 47.9 Å². The number of benzene rings is 2. The first-order valence-corrected chi connectivity index (χ1v) is 10.2. The molecular weight excluding hydrogens is 364 g/mol. The number of nitrogens with zero attached hydrogens (tertiary/aromatic N) is 2. The molecule has 3 rings (SSSR count). The lowest BCUT2D eigenvalue weighted by atomic mass is 10.1. The smallest absolute Gasteiger partial charge is 0.222 e. The molecule has 29 heavy (non-hydrogen) atoms. The summed E-state index contributed by atoms with van der Waals surface area (Å²) in [7, 11) is 1.68. The zero-order chi connectivity index (χ0) is 20.5. The molecule has 0 radical (unpaired) electrons. The van der Waals surface area contributed by atoms with Crippen molar-refractivity contribution in [1.82, 2.24) is 15.5 Å². The Hall–Kier alpha value is -3.02. The molecule has 1 aliphatic rings. The third-order valence-electron chi connectivity index (χ3n) is 4.94. The van der Waals surface area contributed by atoms with E-state index in [1.165, 1.54) is 0 Å². The monoisotopic (exact) mass is 394 g/mol. The van der Waals surface area contributed by atoms with Crippen LogP contribution in [0.4, 0.5) is 0 Å². The molecule has 1 amide bonds. The Morgan fingerprint density at radius 2 is 1.97 bits per heavy atom. The minimum atomic E-state index is 0.253. The maximum absolute atomic E-state index is 11.9. The molecule has 1 heterocycles. The maximum Gasteiger partial charge on any atom is 0.222 e. The number of rotatable bonds is 8. The number of likely N-dealkylation sites (tertiary alicyclic amines) is 1. The summed E-state index contributed by atoms with van der Waals surface area (Å²) < 4.78 is 5.41. The number of guanidine groups is 1.